The molecule has 6 heteroatoms. The van der Waals surface area contributed by atoms with E-state index in [1.807, 2.05) is 55.5 Å². The first-order valence-electron chi connectivity index (χ1n) is 10.9. The summed E-state index contributed by atoms with van der Waals surface area (Å²) in [6.07, 6.45) is 0.914. The lowest BCUT2D eigenvalue weighted by Gasteiger charge is -2.25. The van der Waals surface area contributed by atoms with Crippen LogP contribution in [0.15, 0.2) is 80.4 Å². The highest BCUT2D eigenvalue weighted by Gasteiger charge is 2.43. The summed E-state index contributed by atoms with van der Waals surface area (Å²) in [5, 5.41) is 0.439. The maximum Gasteiger partial charge on any atom is 0.295 e. The van der Waals surface area contributed by atoms with Crippen molar-refractivity contribution in [3.05, 3.63) is 104 Å². The number of fused-ring (bicyclic) bond motifs is 2. The van der Waals surface area contributed by atoms with Crippen molar-refractivity contribution in [3.63, 3.8) is 0 Å². The van der Waals surface area contributed by atoms with E-state index >= 15 is 0 Å². The summed E-state index contributed by atoms with van der Waals surface area (Å²) >= 11 is 3.43. The molecule has 0 saturated carbocycles. The van der Waals surface area contributed by atoms with Gasteiger partial charge in [0.1, 0.15) is 11.3 Å². The molecule has 1 amide bonds. The normalized spacial score (nSPS) is 15.2. The number of carbonyl (C=O) groups is 1. The molecule has 1 aliphatic rings. The number of hydrogen-bond donors (Lipinski definition) is 0. The van der Waals surface area contributed by atoms with Crippen LogP contribution in [-0.2, 0) is 0 Å². The molecular weight excluding hydrogens is 482 g/mol. The Morgan fingerprint density at radius 1 is 1.00 bits per heavy atom. The van der Waals surface area contributed by atoms with Crippen LogP contribution in [0.25, 0.3) is 11.0 Å². The molecule has 0 radical (unpaired) electrons. The summed E-state index contributed by atoms with van der Waals surface area (Å²) in [6, 6.07) is 19.9. The van der Waals surface area contributed by atoms with Gasteiger partial charge < -0.3 is 9.15 Å². The van der Waals surface area contributed by atoms with Gasteiger partial charge in [0, 0.05) is 10.2 Å². The second-order valence-electron chi connectivity index (χ2n) is 8.15. The van der Waals surface area contributed by atoms with Crippen LogP contribution in [0.4, 0.5) is 5.69 Å². The Hall–Kier alpha value is -3.38. The van der Waals surface area contributed by atoms with E-state index in [2.05, 4.69) is 22.9 Å². The van der Waals surface area contributed by atoms with Crippen LogP contribution >= 0.6 is 15.9 Å². The summed E-state index contributed by atoms with van der Waals surface area (Å²) in [4.78, 5) is 28.9. The smallest absolute Gasteiger partial charge is 0.295 e. The van der Waals surface area contributed by atoms with E-state index in [1.54, 1.807) is 23.1 Å². The summed E-state index contributed by atoms with van der Waals surface area (Å²) < 4.78 is 12.5. The largest absolute Gasteiger partial charge is 0.494 e. The highest BCUT2D eigenvalue weighted by Crippen LogP contribution is 2.41. The molecule has 166 valence electrons. The molecule has 3 aromatic carbocycles. The SMILES string of the molecule is CCCOc1ccc(C2c3c(oc4ccc(Br)cc4c3=O)C(=O)N2c2ccc(C)cc2)cc1. The molecule has 4 aromatic rings. The number of rotatable bonds is 5. The maximum absolute atomic E-state index is 13.7. The fraction of sp³-hybridized carbons (Fsp3) is 0.185. The van der Waals surface area contributed by atoms with Crippen molar-refractivity contribution < 1.29 is 13.9 Å². The zero-order valence-electron chi connectivity index (χ0n) is 18.3. The van der Waals surface area contributed by atoms with Crippen LogP contribution in [0.1, 0.15) is 46.6 Å². The Morgan fingerprint density at radius 3 is 2.42 bits per heavy atom. The third-order valence-corrected chi connectivity index (χ3v) is 6.31. The number of halogens is 1. The van der Waals surface area contributed by atoms with Crippen LogP contribution in [0, 0.1) is 6.92 Å². The summed E-state index contributed by atoms with van der Waals surface area (Å²) in [6.45, 7) is 4.67. The molecule has 1 atom stereocenters. The summed E-state index contributed by atoms with van der Waals surface area (Å²) in [7, 11) is 0. The van der Waals surface area contributed by atoms with Crippen LogP contribution < -0.4 is 15.1 Å². The van der Waals surface area contributed by atoms with Crippen molar-refractivity contribution in [2.45, 2.75) is 26.3 Å². The third-order valence-electron chi connectivity index (χ3n) is 5.81. The molecular formula is C27H22BrNO4. The van der Waals surface area contributed by atoms with Gasteiger partial charge in [0.05, 0.1) is 23.6 Å². The topological polar surface area (TPSA) is 59.8 Å². The fourth-order valence-corrected chi connectivity index (χ4v) is 4.56. The van der Waals surface area contributed by atoms with E-state index in [9.17, 15) is 9.59 Å². The second-order valence-corrected chi connectivity index (χ2v) is 9.06. The van der Waals surface area contributed by atoms with E-state index < -0.39 is 6.04 Å². The highest BCUT2D eigenvalue weighted by molar-refractivity contribution is 9.10. The molecule has 0 bridgehead atoms. The molecule has 1 aliphatic heterocycles. The summed E-state index contributed by atoms with van der Waals surface area (Å²) in [5.41, 5.74) is 3.15. The molecule has 2 heterocycles. The molecule has 5 nitrogen and oxygen atoms in total. The standard InChI is InChI=1S/C27H22BrNO4/c1-3-14-32-20-11-6-17(7-12-20)24-23-25(30)21-15-18(28)8-13-22(21)33-26(23)27(31)29(24)19-9-4-16(2)5-10-19/h4-13,15,24H,3,14H2,1-2H3. The number of aryl methyl sites for hydroxylation is 1. The van der Waals surface area contributed by atoms with Gasteiger partial charge in [0.15, 0.2) is 5.43 Å². The zero-order chi connectivity index (χ0) is 23.1. The Morgan fingerprint density at radius 2 is 1.73 bits per heavy atom. The first-order valence-corrected chi connectivity index (χ1v) is 11.7. The minimum atomic E-state index is -0.602. The van der Waals surface area contributed by atoms with Crippen LogP contribution in [-0.4, -0.2) is 12.5 Å². The van der Waals surface area contributed by atoms with E-state index in [0.29, 0.717) is 28.8 Å². The van der Waals surface area contributed by atoms with Crippen molar-refractivity contribution >= 4 is 38.5 Å². The van der Waals surface area contributed by atoms with Gasteiger partial charge in [-0.25, -0.2) is 0 Å². The maximum atomic E-state index is 13.7. The lowest BCUT2D eigenvalue weighted by Crippen LogP contribution is -2.29. The third kappa shape index (κ3) is 3.74. The molecule has 0 fully saturated rings. The quantitative estimate of drug-likeness (QED) is 0.316. The van der Waals surface area contributed by atoms with Gasteiger partial charge in [-0.05, 0) is 61.4 Å². The molecule has 0 aliphatic carbocycles. The minimum absolute atomic E-state index is 0.0895. The van der Waals surface area contributed by atoms with Crippen LogP contribution in [0.2, 0.25) is 0 Å². The van der Waals surface area contributed by atoms with Gasteiger partial charge in [0.2, 0.25) is 5.76 Å². The monoisotopic (exact) mass is 503 g/mol. The molecule has 5 rings (SSSR count). The average Bonchev–Trinajstić information content (AvgIpc) is 3.11. The summed E-state index contributed by atoms with van der Waals surface area (Å²) in [5.74, 6) is 0.514. The fourth-order valence-electron chi connectivity index (χ4n) is 4.20. The van der Waals surface area contributed by atoms with Gasteiger partial charge in [-0.1, -0.05) is 52.7 Å². The van der Waals surface area contributed by atoms with Gasteiger partial charge >= 0.3 is 0 Å². The second kappa shape index (κ2) is 8.52. The first-order chi connectivity index (χ1) is 16.0. The van der Waals surface area contributed by atoms with Gasteiger partial charge in [-0.15, -0.1) is 0 Å². The van der Waals surface area contributed by atoms with E-state index in [4.69, 9.17) is 9.15 Å². The zero-order valence-corrected chi connectivity index (χ0v) is 19.9. The lowest BCUT2D eigenvalue weighted by atomic mass is 9.98. The number of amides is 1. The number of benzene rings is 3. The number of nitrogens with zero attached hydrogens (tertiary/aromatic N) is 1. The van der Waals surface area contributed by atoms with Crippen molar-refractivity contribution in [1.82, 2.24) is 0 Å². The lowest BCUT2D eigenvalue weighted by molar-refractivity contribution is 0.0971. The van der Waals surface area contributed by atoms with E-state index in [1.165, 1.54) is 0 Å². The minimum Gasteiger partial charge on any atom is -0.494 e. The number of carbonyl (C=O) groups excluding carboxylic acids is 1. The average molecular weight is 504 g/mol. The van der Waals surface area contributed by atoms with Gasteiger partial charge in [-0.2, -0.15) is 0 Å². The number of hydrogen-bond acceptors (Lipinski definition) is 4. The van der Waals surface area contributed by atoms with Crippen molar-refractivity contribution in [2.75, 3.05) is 11.5 Å². The molecule has 1 unspecified atom stereocenters. The Bertz CT molecular complexity index is 1410. The highest BCUT2D eigenvalue weighted by atomic mass is 79.9. The predicted molar refractivity (Wildman–Crippen MR) is 132 cm³/mol. The number of ether oxygens (including phenoxy) is 1. The molecule has 33 heavy (non-hydrogen) atoms. The Kier molecular flexibility index (Phi) is 5.54. The molecule has 0 N–H and O–H groups in total. The van der Waals surface area contributed by atoms with Crippen LogP contribution in [0.3, 0.4) is 0 Å². The van der Waals surface area contributed by atoms with Crippen LogP contribution in [0.5, 0.6) is 5.75 Å². The van der Waals surface area contributed by atoms with Crippen molar-refractivity contribution in [2.24, 2.45) is 0 Å². The van der Waals surface area contributed by atoms with E-state index in [-0.39, 0.29) is 17.1 Å². The Labute approximate surface area is 199 Å². The predicted octanol–water partition coefficient (Wildman–Crippen LogP) is 6.40. The molecule has 1 aromatic heterocycles. The van der Waals surface area contributed by atoms with Crippen molar-refractivity contribution in [3.8, 4) is 5.75 Å². The Balaban J connectivity index is 1.72. The number of anilines is 1. The van der Waals surface area contributed by atoms with Gasteiger partial charge in [0.25, 0.3) is 5.91 Å². The van der Waals surface area contributed by atoms with Crippen molar-refractivity contribution in [1.29, 1.82) is 0 Å². The molecule has 0 spiro atoms. The van der Waals surface area contributed by atoms with Gasteiger partial charge in [-0.3, -0.25) is 14.5 Å². The first kappa shape index (κ1) is 21.5. The van der Waals surface area contributed by atoms with E-state index in [0.717, 1.165) is 27.8 Å². The molecule has 0 saturated heterocycles.